The molecule has 2 unspecified atom stereocenters. The van der Waals surface area contributed by atoms with E-state index in [2.05, 4.69) is 5.16 Å². The summed E-state index contributed by atoms with van der Waals surface area (Å²) in [4.78, 5) is 19.2. The fourth-order valence-corrected chi connectivity index (χ4v) is 3.28. The third kappa shape index (κ3) is 6.22. The van der Waals surface area contributed by atoms with Gasteiger partial charge in [-0.15, -0.1) is 0 Å². The third-order valence-corrected chi connectivity index (χ3v) is 4.66. The first-order valence-electron chi connectivity index (χ1n) is 9.98. The molecule has 1 amide bonds. The maximum Gasteiger partial charge on any atom is 0.263 e. The lowest BCUT2D eigenvalue weighted by molar-refractivity contribution is -0.147. The van der Waals surface area contributed by atoms with Crippen molar-refractivity contribution >= 4 is 12.1 Å². The normalized spacial score (nSPS) is 19.0. The second-order valence-corrected chi connectivity index (χ2v) is 7.25. The van der Waals surface area contributed by atoms with Crippen molar-refractivity contribution < 1.29 is 23.8 Å². The molecule has 1 aliphatic heterocycles. The minimum absolute atomic E-state index is 0.0243. The summed E-state index contributed by atoms with van der Waals surface area (Å²) in [5.74, 6) is 1.14. The molecule has 7 heteroatoms. The molecule has 30 heavy (non-hydrogen) atoms. The number of carbonyl (C=O) groups excluding carboxylic acids is 1. The average Bonchev–Trinajstić information content (AvgIpc) is 2.75. The van der Waals surface area contributed by atoms with Gasteiger partial charge in [-0.25, -0.2) is 0 Å². The molecule has 0 spiro atoms. The van der Waals surface area contributed by atoms with Crippen LogP contribution in [0.25, 0.3) is 0 Å². The molecular weight excluding hydrogens is 384 g/mol. The molecule has 0 saturated carbocycles. The second kappa shape index (κ2) is 10.6. The average molecular weight is 412 g/mol. The van der Waals surface area contributed by atoms with Crippen molar-refractivity contribution in [2.24, 2.45) is 5.16 Å². The molecule has 0 bridgehead atoms. The van der Waals surface area contributed by atoms with Gasteiger partial charge in [0.15, 0.2) is 18.1 Å². The molecule has 2 aromatic carbocycles. The summed E-state index contributed by atoms with van der Waals surface area (Å²) in [6, 6.07) is 15.4. The van der Waals surface area contributed by atoms with E-state index in [9.17, 15) is 4.79 Å². The van der Waals surface area contributed by atoms with Crippen LogP contribution < -0.4 is 9.47 Å². The number of ether oxygens (including phenoxy) is 3. The van der Waals surface area contributed by atoms with Gasteiger partial charge in [-0.3, -0.25) is 4.79 Å². The van der Waals surface area contributed by atoms with Crippen LogP contribution in [0.3, 0.4) is 0 Å². The number of hydrogen-bond donors (Lipinski definition) is 0. The maximum absolute atomic E-state index is 12.3. The Hall–Kier alpha value is -3.06. The van der Waals surface area contributed by atoms with Crippen molar-refractivity contribution in [3.63, 3.8) is 0 Å². The van der Waals surface area contributed by atoms with Gasteiger partial charge in [0.05, 0.1) is 25.5 Å². The Morgan fingerprint density at radius 3 is 2.57 bits per heavy atom. The predicted octanol–water partition coefficient (Wildman–Crippen LogP) is 3.26. The SMILES string of the molecule is COc1cc(/C=N/OCC(=O)N2CC(C)OC(C)C2)ccc1OCc1ccccc1. The van der Waals surface area contributed by atoms with Crippen LogP contribution in [0, 0.1) is 0 Å². The quantitative estimate of drug-likeness (QED) is 0.492. The standard InChI is InChI=1S/C23H28N2O5/c1-17-13-25(14-18(2)30-17)23(26)16-29-24-12-20-9-10-21(22(11-20)27-3)28-15-19-7-5-4-6-8-19/h4-12,17-18H,13-16H2,1-3H3/b24-12+. The van der Waals surface area contributed by atoms with Crippen molar-refractivity contribution in [1.29, 1.82) is 0 Å². The van der Waals surface area contributed by atoms with Gasteiger partial charge in [0.2, 0.25) is 0 Å². The van der Waals surface area contributed by atoms with Crippen LogP contribution in [0.2, 0.25) is 0 Å². The summed E-state index contributed by atoms with van der Waals surface area (Å²) >= 11 is 0. The minimum atomic E-state index is -0.106. The monoisotopic (exact) mass is 412 g/mol. The van der Waals surface area contributed by atoms with Crippen molar-refractivity contribution in [3.05, 3.63) is 59.7 Å². The van der Waals surface area contributed by atoms with E-state index in [4.69, 9.17) is 19.0 Å². The molecule has 1 saturated heterocycles. The van der Waals surface area contributed by atoms with Gasteiger partial charge in [-0.2, -0.15) is 0 Å². The zero-order valence-electron chi connectivity index (χ0n) is 17.6. The number of amides is 1. The molecule has 1 fully saturated rings. The Kier molecular flexibility index (Phi) is 7.68. The summed E-state index contributed by atoms with van der Waals surface area (Å²) < 4.78 is 16.9. The first-order chi connectivity index (χ1) is 14.5. The van der Waals surface area contributed by atoms with Gasteiger partial charge < -0.3 is 23.9 Å². The number of benzene rings is 2. The van der Waals surface area contributed by atoms with Crippen molar-refractivity contribution in [1.82, 2.24) is 4.90 Å². The van der Waals surface area contributed by atoms with Crippen LogP contribution in [0.5, 0.6) is 11.5 Å². The molecule has 2 aromatic rings. The molecule has 0 aromatic heterocycles. The lowest BCUT2D eigenvalue weighted by atomic mass is 10.2. The molecule has 0 N–H and O–H groups in total. The van der Waals surface area contributed by atoms with Crippen LogP contribution in [0.1, 0.15) is 25.0 Å². The van der Waals surface area contributed by atoms with Gasteiger partial charge in [0.1, 0.15) is 6.61 Å². The Morgan fingerprint density at radius 2 is 1.87 bits per heavy atom. The predicted molar refractivity (Wildman–Crippen MR) is 114 cm³/mol. The summed E-state index contributed by atoms with van der Waals surface area (Å²) in [5.41, 5.74) is 1.85. The highest BCUT2D eigenvalue weighted by molar-refractivity contribution is 5.81. The lowest BCUT2D eigenvalue weighted by Crippen LogP contribution is -2.49. The zero-order valence-corrected chi connectivity index (χ0v) is 17.6. The smallest absolute Gasteiger partial charge is 0.263 e. The molecular formula is C23H28N2O5. The molecule has 3 rings (SSSR count). The summed E-state index contributed by atoms with van der Waals surface area (Å²) in [7, 11) is 1.59. The van der Waals surface area contributed by atoms with E-state index in [1.807, 2.05) is 56.3 Å². The topological polar surface area (TPSA) is 69.6 Å². The number of oxime groups is 1. The summed E-state index contributed by atoms with van der Waals surface area (Å²) in [5, 5.41) is 3.91. The molecule has 0 aliphatic carbocycles. The van der Waals surface area contributed by atoms with Crippen LogP contribution >= 0.6 is 0 Å². The van der Waals surface area contributed by atoms with Gasteiger partial charge in [-0.05, 0) is 37.6 Å². The van der Waals surface area contributed by atoms with E-state index in [1.165, 1.54) is 0 Å². The highest BCUT2D eigenvalue weighted by Gasteiger charge is 2.25. The van der Waals surface area contributed by atoms with E-state index in [0.29, 0.717) is 31.2 Å². The molecule has 1 heterocycles. The molecule has 160 valence electrons. The molecule has 2 atom stereocenters. The molecule has 0 radical (unpaired) electrons. The lowest BCUT2D eigenvalue weighted by Gasteiger charge is -2.34. The number of morpholine rings is 1. The number of hydrogen-bond acceptors (Lipinski definition) is 6. The van der Waals surface area contributed by atoms with E-state index in [1.54, 1.807) is 24.3 Å². The van der Waals surface area contributed by atoms with Gasteiger partial charge in [0.25, 0.3) is 5.91 Å². The number of rotatable bonds is 8. The van der Waals surface area contributed by atoms with Crippen LogP contribution in [0.4, 0.5) is 0 Å². The van der Waals surface area contributed by atoms with Crippen molar-refractivity contribution in [2.75, 3.05) is 26.8 Å². The Balaban J connectivity index is 1.51. The highest BCUT2D eigenvalue weighted by Crippen LogP contribution is 2.28. The van der Waals surface area contributed by atoms with Crippen LogP contribution in [-0.4, -0.2) is 56.0 Å². The Bertz CT molecular complexity index is 846. The fourth-order valence-electron chi connectivity index (χ4n) is 3.28. The van der Waals surface area contributed by atoms with Gasteiger partial charge in [0, 0.05) is 18.7 Å². The van der Waals surface area contributed by atoms with Crippen molar-refractivity contribution in [3.8, 4) is 11.5 Å². The fraction of sp³-hybridized carbons (Fsp3) is 0.391. The summed E-state index contributed by atoms with van der Waals surface area (Å²) in [6.07, 6.45) is 1.59. The Labute approximate surface area is 177 Å². The van der Waals surface area contributed by atoms with Crippen molar-refractivity contribution in [2.45, 2.75) is 32.7 Å². The Morgan fingerprint density at radius 1 is 1.13 bits per heavy atom. The van der Waals surface area contributed by atoms with Gasteiger partial charge in [-0.1, -0.05) is 35.5 Å². The first kappa shape index (κ1) is 21.6. The number of nitrogens with zero attached hydrogens (tertiary/aromatic N) is 2. The largest absolute Gasteiger partial charge is 0.493 e. The zero-order chi connectivity index (χ0) is 21.3. The van der Waals surface area contributed by atoms with Crippen LogP contribution in [0.15, 0.2) is 53.7 Å². The summed E-state index contributed by atoms with van der Waals surface area (Å²) in [6.45, 7) is 5.39. The minimum Gasteiger partial charge on any atom is -0.493 e. The molecule has 7 nitrogen and oxygen atoms in total. The van der Waals surface area contributed by atoms with E-state index < -0.39 is 0 Å². The first-order valence-corrected chi connectivity index (χ1v) is 9.98. The maximum atomic E-state index is 12.3. The van der Waals surface area contributed by atoms with E-state index in [-0.39, 0.29) is 24.7 Å². The van der Waals surface area contributed by atoms with E-state index in [0.717, 1.165) is 11.1 Å². The number of methoxy groups -OCH3 is 1. The third-order valence-electron chi connectivity index (χ3n) is 4.66. The number of carbonyl (C=O) groups is 1. The highest BCUT2D eigenvalue weighted by atomic mass is 16.6. The van der Waals surface area contributed by atoms with E-state index >= 15 is 0 Å². The molecule has 1 aliphatic rings. The van der Waals surface area contributed by atoms with Gasteiger partial charge >= 0.3 is 0 Å². The second-order valence-electron chi connectivity index (χ2n) is 7.25. The van der Waals surface area contributed by atoms with Crippen LogP contribution in [-0.2, 0) is 21.0 Å².